The van der Waals surface area contributed by atoms with Crippen molar-refractivity contribution in [3.8, 4) is 6.07 Å². The zero-order valence-electron chi connectivity index (χ0n) is 19.4. The van der Waals surface area contributed by atoms with Gasteiger partial charge in [0, 0.05) is 17.9 Å². The van der Waals surface area contributed by atoms with Crippen LogP contribution in [0.4, 0.5) is 4.39 Å². The second kappa shape index (κ2) is 13.0. The van der Waals surface area contributed by atoms with Crippen LogP contribution < -0.4 is 10.6 Å². The first-order valence-corrected chi connectivity index (χ1v) is 12.3. The summed E-state index contributed by atoms with van der Waals surface area (Å²) in [6.45, 7) is 5.05. The maximum absolute atomic E-state index is 13.5. The Morgan fingerprint density at radius 1 is 1.23 bits per heavy atom. The van der Waals surface area contributed by atoms with Gasteiger partial charge in [0.1, 0.15) is 12.2 Å². The SMILES string of the molecule is CCCCC[C@H](C)NC(=O)C1(CCCNCC(=O)N2C[C@@H](F)CC2C#N)CCCCC1. The fourth-order valence-electron chi connectivity index (χ4n) is 5.00. The van der Waals surface area contributed by atoms with Gasteiger partial charge in [0.2, 0.25) is 11.8 Å². The number of unbranched alkanes of at least 4 members (excludes halogenated alkanes) is 2. The lowest BCUT2D eigenvalue weighted by Crippen LogP contribution is -2.46. The minimum absolute atomic E-state index is 0.0124. The number of amides is 2. The van der Waals surface area contributed by atoms with E-state index in [4.69, 9.17) is 5.26 Å². The topological polar surface area (TPSA) is 85.2 Å². The fourth-order valence-corrected chi connectivity index (χ4v) is 5.00. The standard InChI is InChI=1S/C24H41FN4O2/c1-3-4-6-10-19(2)28-23(31)24(11-7-5-8-12-24)13-9-14-27-17-22(30)29-18-20(25)15-21(29)16-26/h19-21,27H,3-15,17-18H2,1-2H3,(H,28,31)/t19-,20-,21?/m0/s1. The lowest BCUT2D eigenvalue weighted by molar-refractivity contribution is -0.134. The van der Waals surface area contributed by atoms with Crippen molar-refractivity contribution < 1.29 is 14.0 Å². The van der Waals surface area contributed by atoms with Gasteiger partial charge in [-0.3, -0.25) is 9.59 Å². The minimum atomic E-state index is -1.11. The lowest BCUT2D eigenvalue weighted by atomic mass is 9.70. The Hall–Kier alpha value is -1.68. The van der Waals surface area contributed by atoms with Crippen LogP contribution in [0.2, 0.25) is 0 Å². The summed E-state index contributed by atoms with van der Waals surface area (Å²) in [6.07, 6.45) is 10.5. The number of alkyl halides is 1. The maximum atomic E-state index is 13.5. The van der Waals surface area contributed by atoms with Gasteiger partial charge < -0.3 is 15.5 Å². The number of halogens is 1. The number of rotatable bonds is 12. The molecule has 0 aromatic rings. The van der Waals surface area contributed by atoms with Crippen LogP contribution in [0.1, 0.15) is 90.9 Å². The number of hydrogen-bond acceptors (Lipinski definition) is 4. The molecule has 0 aromatic heterocycles. The first-order valence-electron chi connectivity index (χ1n) is 12.3. The zero-order chi connectivity index (χ0) is 22.7. The van der Waals surface area contributed by atoms with Crippen molar-refractivity contribution in [1.29, 1.82) is 5.26 Å². The Balaban J connectivity index is 1.76. The molecule has 3 atom stereocenters. The highest BCUT2D eigenvalue weighted by molar-refractivity contribution is 5.83. The Kier molecular flexibility index (Phi) is 10.7. The van der Waals surface area contributed by atoms with Crippen molar-refractivity contribution in [3.05, 3.63) is 0 Å². The third-order valence-corrected chi connectivity index (χ3v) is 6.92. The Morgan fingerprint density at radius 2 is 1.97 bits per heavy atom. The molecule has 0 bridgehead atoms. The predicted octanol–water partition coefficient (Wildman–Crippen LogP) is 3.85. The molecule has 1 aliphatic carbocycles. The van der Waals surface area contributed by atoms with Crippen molar-refractivity contribution in [2.24, 2.45) is 5.41 Å². The number of carbonyl (C=O) groups excluding carboxylic acids is 2. The van der Waals surface area contributed by atoms with Crippen molar-refractivity contribution in [2.45, 2.75) is 109 Å². The lowest BCUT2D eigenvalue weighted by Gasteiger charge is -2.37. The summed E-state index contributed by atoms with van der Waals surface area (Å²) in [4.78, 5) is 26.8. The highest BCUT2D eigenvalue weighted by Crippen LogP contribution is 2.40. The number of carbonyl (C=O) groups is 2. The van der Waals surface area contributed by atoms with Crippen LogP contribution in [0.15, 0.2) is 0 Å². The zero-order valence-corrected chi connectivity index (χ0v) is 19.4. The summed E-state index contributed by atoms with van der Waals surface area (Å²) in [5.41, 5.74) is -0.286. The molecule has 0 radical (unpaired) electrons. The molecule has 2 amide bonds. The molecule has 2 aliphatic rings. The molecule has 2 rings (SSSR count). The Labute approximate surface area is 187 Å². The first kappa shape index (κ1) is 25.6. The van der Waals surface area contributed by atoms with E-state index in [0.717, 1.165) is 51.4 Å². The van der Waals surface area contributed by atoms with Gasteiger partial charge in [-0.25, -0.2) is 4.39 Å². The van der Waals surface area contributed by atoms with Gasteiger partial charge in [0.25, 0.3) is 0 Å². The van der Waals surface area contributed by atoms with Crippen LogP contribution in [0.5, 0.6) is 0 Å². The van der Waals surface area contributed by atoms with Gasteiger partial charge in [-0.05, 0) is 45.6 Å². The molecule has 1 heterocycles. The molecular weight excluding hydrogens is 395 g/mol. The smallest absolute Gasteiger partial charge is 0.237 e. The second-order valence-corrected chi connectivity index (χ2v) is 9.52. The fraction of sp³-hybridized carbons (Fsp3) is 0.875. The van der Waals surface area contributed by atoms with Gasteiger partial charge >= 0.3 is 0 Å². The average molecular weight is 437 g/mol. The number of likely N-dealkylation sites (tertiary alicyclic amines) is 1. The van der Waals surface area contributed by atoms with Crippen molar-refractivity contribution in [1.82, 2.24) is 15.5 Å². The van der Waals surface area contributed by atoms with Gasteiger partial charge in [0.15, 0.2) is 0 Å². The summed E-state index contributed by atoms with van der Waals surface area (Å²) in [5, 5.41) is 15.5. The van der Waals surface area contributed by atoms with Crippen molar-refractivity contribution in [2.75, 3.05) is 19.6 Å². The number of nitriles is 1. The molecule has 6 nitrogen and oxygen atoms in total. The van der Waals surface area contributed by atoms with E-state index in [0.29, 0.717) is 6.54 Å². The number of hydrogen-bond donors (Lipinski definition) is 2. The molecule has 2 N–H and O–H groups in total. The third kappa shape index (κ3) is 7.75. The monoisotopic (exact) mass is 436 g/mol. The maximum Gasteiger partial charge on any atom is 0.237 e. The van der Waals surface area contributed by atoms with E-state index in [1.54, 1.807) is 0 Å². The van der Waals surface area contributed by atoms with Crippen LogP contribution in [0.25, 0.3) is 0 Å². The van der Waals surface area contributed by atoms with Gasteiger partial charge in [-0.2, -0.15) is 5.26 Å². The average Bonchev–Trinajstić information content (AvgIpc) is 3.15. The highest BCUT2D eigenvalue weighted by Gasteiger charge is 2.39. The third-order valence-electron chi connectivity index (χ3n) is 6.92. The molecule has 31 heavy (non-hydrogen) atoms. The minimum Gasteiger partial charge on any atom is -0.353 e. The van der Waals surface area contributed by atoms with E-state index in [2.05, 4.69) is 24.5 Å². The summed E-state index contributed by atoms with van der Waals surface area (Å²) >= 11 is 0. The molecule has 7 heteroatoms. The normalized spacial score (nSPS) is 23.9. The highest BCUT2D eigenvalue weighted by atomic mass is 19.1. The van der Waals surface area contributed by atoms with Crippen LogP contribution in [-0.4, -0.2) is 54.6 Å². The molecule has 176 valence electrons. The van der Waals surface area contributed by atoms with E-state index < -0.39 is 12.2 Å². The van der Waals surface area contributed by atoms with Crippen LogP contribution in [-0.2, 0) is 9.59 Å². The van der Waals surface area contributed by atoms with Gasteiger partial charge in [-0.1, -0.05) is 45.4 Å². The molecule has 1 saturated heterocycles. The quantitative estimate of drug-likeness (QED) is 0.455. The van der Waals surface area contributed by atoms with E-state index in [1.807, 2.05) is 6.07 Å². The van der Waals surface area contributed by atoms with E-state index in [-0.39, 0.29) is 42.8 Å². The summed E-state index contributed by atoms with van der Waals surface area (Å²) < 4.78 is 13.5. The summed E-state index contributed by atoms with van der Waals surface area (Å²) in [6, 6.07) is 1.57. The number of nitrogens with one attached hydrogen (secondary N) is 2. The van der Waals surface area contributed by atoms with E-state index in [9.17, 15) is 14.0 Å². The van der Waals surface area contributed by atoms with E-state index >= 15 is 0 Å². The Morgan fingerprint density at radius 3 is 2.65 bits per heavy atom. The van der Waals surface area contributed by atoms with Crippen molar-refractivity contribution >= 4 is 11.8 Å². The van der Waals surface area contributed by atoms with Crippen LogP contribution in [0.3, 0.4) is 0 Å². The molecule has 1 unspecified atom stereocenters. The first-order chi connectivity index (χ1) is 14.9. The molecular formula is C24H41FN4O2. The van der Waals surface area contributed by atoms with Crippen LogP contribution >= 0.6 is 0 Å². The Bertz CT molecular complexity index is 615. The van der Waals surface area contributed by atoms with E-state index in [1.165, 1.54) is 24.2 Å². The summed E-state index contributed by atoms with van der Waals surface area (Å²) in [5.74, 6) is -0.0204. The second-order valence-electron chi connectivity index (χ2n) is 9.52. The molecule has 0 aromatic carbocycles. The molecule has 1 saturated carbocycles. The number of nitrogens with zero attached hydrogens (tertiary/aromatic N) is 2. The van der Waals surface area contributed by atoms with Gasteiger partial charge in [-0.15, -0.1) is 0 Å². The van der Waals surface area contributed by atoms with Crippen molar-refractivity contribution in [3.63, 3.8) is 0 Å². The predicted molar refractivity (Wildman–Crippen MR) is 120 cm³/mol. The van der Waals surface area contributed by atoms with Crippen LogP contribution in [0, 0.1) is 16.7 Å². The molecule has 1 aliphatic heterocycles. The van der Waals surface area contributed by atoms with Gasteiger partial charge in [0.05, 0.1) is 19.2 Å². The summed E-state index contributed by atoms with van der Waals surface area (Å²) in [7, 11) is 0. The molecule has 2 fully saturated rings. The largest absolute Gasteiger partial charge is 0.353 e. The molecule has 0 spiro atoms.